The fraction of sp³-hybridized carbons (Fsp3) is 0.250. The summed E-state index contributed by atoms with van der Waals surface area (Å²) in [5.41, 5.74) is 0.346. The molecule has 1 aromatic carbocycles. The Labute approximate surface area is 146 Å². The van der Waals surface area contributed by atoms with Crippen LogP contribution >= 0.6 is 11.3 Å². The quantitative estimate of drug-likeness (QED) is 0.830. The zero-order valence-corrected chi connectivity index (χ0v) is 15.1. The number of aliphatic hydroxyl groups is 1. The lowest BCUT2D eigenvalue weighted by Crippen LogP contribution is -2.35. The van der Waals surface area contributed by atoms with Crippen LogP contribution in [0.25, 0.3) is 5.76 Å². The number of aromatic nitrogens is 1. The van der Waals surface area contributed by atoms with Crippen LogP contribution in [0.4, 0.5) is 0 Å². The lowest BCUT2D eigenvalue weighted by molar-refractivity contribution is -0.115. The van der Waals surface area contributed by atoms with E-state index in [2.05, 4.69) is 4.99 Å². The average Bonchev–Trinajstić information content (AvgIpc) is 2.92. The summed E-state index contributed by atoms with van der Waals surface area (Å²) in [6, 6.07) is 6.78. The minimum absolute atomic E-state index is 0.0549. The first-order valence-electron chi connectivity index (χ1n) is 7.38. The molecule has 6 nitrogen and oxygen atoms in total. The van der Waals surface area contributed by atoms with Crippen molar-refractivity contribution in [2.75, 3.05) is 7.05 Å². The van der Waals surface area contributed by atoms with Gasteiger partial charge >= 0.3 is 5.91 Å². The number of hydrogen-bond acceptors (Lipinski definition) is 5. The Hall–Kier alpha value is -2.03. The predicted octanol–water partition coefficient (Wildman–Crippen LogP) is 2.20. The second-order valence-corrected chi connectivity index (χ2v) is 7.97. The van der Waals surface area contributed by atoms with Crippen LogP contribution < -0.4 is 4.80 Å². The summed E-state index contributed by atoms with van der Waals surface area (Å²) in [7, 11) is 1.51. The number of nitrogens with zero attached hydrogens (tertiary/aromatic N) is 3. The van der Waals surface area contributed by atoms with Crippen LogP contribution in [-0.4, -0.2) is 31.5 Å². The van der Waals surface area contributed by atoms with Gasteiger partial charge in [-0.15, -0.1) is 11.3 Å². The second-order valence-electron chi connectivity index (χ2n) is 5.27. The number of amides is 1. The van der Waals surface area contributed by atoms with Gasteiger partial charge in [-0.05, 0) is 26.0 Å². The number of fused-ring (bicyclic) bond motifs is 1. The highest BCUT2D eigenvalue weighted by molar-refractivity contribution is 7.89. The van der Waals surface area contributed by atoms with Crippen LogP contribution in [0.1, 0.15) is 17.4 Å². The van der Waals surface area contributed by atoms with E-state index in [-0.39, 0.29) is 11.5 Å². The van der Waals surface area contributed by atoms with Crippen LogP contribution in [0.5, 0.6) is 0 Å². The number of hydrogen-bond donors (Lipinski definition) is 1. The van der Waals surface area contributed by atoms with E-state index in [1.807, 2.05) is 24.6 Å². The van der Waals surface area contributed by atoms with E-state index in [0.717, 1.165) is 4.88 Å². The molecule has 126 valence electrons. The van der Waals surface area contributed by atoms with E-state index >= 15 is 0 Å². The van der Waals surface area contributed by atoms with Crippen molar-refractivity contribution < 1.29 is 14.5 Å². The third kappa shape index (κ3) is 2.77. The molecule has 1 aromatic heterocycles. The maximum absolute atomic E-state index is 12.7. The first kappa shape index (κ1) is 16.8. The maximum atomic E-state index is 12.7. The number of rotatable bonds is 2. The molecule has 0 saturated carbocycles. The van der Waals surface area contributed by atoms with E-state index in [0.29, 0.717) is 21.8 Å². The van der Waals surface area contributed by atoms with Crippen LogP contribution in [0.2, 0.25) is 0 Å². The minimum atomic E-state index is -1.56. The number of aliphatic hydroxyl groups excluding tert-OH is 1. The van der Waals surface area contributed by atoms with E-state index in [9.17, 15) is 14.5 Å². The summed E-state index contributed by atoms with van der Waals surface area (Å²) in [6.45, 7) is 4.59. The maximum Gasteiger partial charge on any atom is 0.304 e. The van der Waals surface area contributed by atoms with Gasteiger partial charge in [-0.25, -0.2) is 0 Å². The summed E-state index contributed by atoms with van der Waals surface area (Å²) in [5, 5.41) is 10.5. The Morgan fingerprint density at radius 3 is 2.83 bits per heavy atom. The number of likely N-dealkylation sites (N-methyl/N-ethyl adjacent to an activating group) is 1. The first-order valence-corrected chi connectivity index (χ1v) is 9.30. The van der Waals surface area contributed by atoms with Crippen molar-refractivity contribution in [3.63, 3.8) is 0 Å². The molecule has 1 N–H and O–H groups in total. The fourth-order valence-corrected chi connectivity index (χ4v) is 4.58. The molecule has 2 aromatic rings. The number of benzene rings is 1. The van der Waals surface area contributed by atoms with Crippen molar-refractivity contribution in [3.8, 4) is 0 Å². The van der Waals surface area contributed by atoms with Crippen LogP contribution in [0.3, 0.4) is 0 Å². The number of carbonyl (C=O) groups excluding carboxylic acids is 1. The van der Waals surface area contributed by atoms with Crippen LogP contribution in [0, 0.1) is 6.92 Å². The molecule has 1 atom stereocenters. The molecule has 0 radical (unpaired) electrons. The molecule has 2 heterocycles. The number of thiazole rings is 1. The smallest absolute Gasteiger partial charge is 0.304 e. The van der Waals surface area contributed by atoms with Gasteiger partial charge in [0.05, 0.1) is 12.6 Å². The Kier molecular flexibility index (Phi) is 4.53. The number of carbonyl (C=O) groups is 1. The van der Waals surface area contributed by atoms with E-state index in [4.69, 9.17) is 0 Å². The molecule has 8 heteroatoms. The highest BCUT2D eigenvalue weighted by Crippen LogP contribution is 2.34. The van der Waals surface area contributed by atoms with Gasteiger partial charge in [-0.1, -0.05) is 12.1 Å². The van der Waals surface area contributed by atoms with Gasteiger partial charge in [-0.2, -0.15) is 9.30 Å². The summed E-state index contributed by atoms with van der Waals surface area (Å²) in [6.07, 6.45) is 1.92. The number of aryl methyl sites for hydroxylation is 2. The molecular weight excluding hydrogens is 346 g/mol. The molecule has 24 heavy (non-hydrogen) atoms. The molecule has 0 spiro atoms. The predicted molar refractivity (Wildman–Crippen MR) is 93.5 cm³/mol. The lowest BCUT2D eigenvalue weighted by Gasteiger charge is -2.28. The molecule has 0 aliphatic carbocycles. The first-order chi connectivity index (χ1) is 11.4. The zero-order chi connectivity index (χ0) is 17.4. The third-order valence-electron chi connectivity index (χ3n) is 3.69. The summed E-state index contributed by atoms with van der Waals surface area (Å²) in [4.78, 5) is 18.9. The van der Waals surface area contributed by atoms with Gasteiger partial charge in [0, 0.05) is 17.6 Å². The van der Waals surface area contributed by atoms with E-state index in [1.54, 1.807) is 24.3 Å². The molecule has 1 amide bonds. The van der Waals surface area contributed by atoms with Crippen molar-refractivity contribution in [2.45, 2.75) is 25.3 Å². The average molecular weight is 363 g/mol. The molecule has 1 aliphatic rings. The van der Waals surface area contributed by atoms with Gasteiger partial charge in [0.25, 0.3) is 0 Å². The molecule has 0 fully saturated rings. The van der Waals surface area contributed by atoms with Gasteiger partial charge in [0.15, 0.2) is 21.2 Å². The van der Waals surface area contributed by atoms with E-state index in [1.165, 1.54) is 22.7 Å². The molecule has 1 aliphatic heterocycles. The monoisotopic (exact) mass is 363 g/mol. The third-order valence-corrected chi connectivity index (χ3v) is 6.04. The van der Waals surface area contributed by atoms with Crippen molar-refractivity contribution in [2.24, 2.45) is 4.99 Å². The SMILES string of the molecule is CCn1cc(C)sc1=NC(=O)C1=C(O)c2ccccc2[S+]([O-])N1C. The Bertz CT molecular complexity index is 898. The minimum Gasteiger partial charge on any atom is -0.588 e. The molecule has 0 saturated heterocycles. The van der Waals surface area contributed by atoms with Gasteiger partial charge in [-0.3, -0.25) is 4.79 Å². The van der Waals surface area contributed by atoms with Crippen molar-refractivity contribution in [1.29, 1.82) is 0 Å². The standard InChI is InChI=1S/C16H17N3O3S2/c1-4-19-9-10(2)23-16(19)17-15(21)13-14(20)11-7-5-6-8-12(11)24(22)18(13)3/h5-9,20H,4H2,1-3H3. The molecule has 0 bridgehead atoms. The highest BCUT2D eigenvalue weighted by Gasteiger charge is 2.37. The highest BCUT2D eigenvalue weighted by atomic mass is 32.2. The topological polar surface area (TPSA) is 80.9 Å². The van der Waals surface area contributed by atoms with Gasteiger partial charge < -0.3 is 14.2 Å². The van der Waals surface area contributed by atoms with Gasteiger partial charge in [0.2, 0.25) is 0 Å². The lowest BCUT2D eigenvalue weighted by atomic mass is 10.1. The Balaban J connectivity index is 2.12. The summed E-state index contributed by atoms with van der Waals surface area (Å²) < 4.78 is 15.7. The Morgan fingerprint density at radius 2 is 2.12 bits per heavy atom. The molecule has 3 rings (SSSR count). The summed E-state index contributed by atoms with van der Waals surface area (Å²) >= 11 is -0.163. The van der Waals surface area contributed by atoms with E-state index < -0.39 is 17.3 Å². The molecular formula is C16H17N3O3S2. The van der Waals surface area contributed by atoms with Crippen molar-refractivity contribution >= 4 is 34.4 Å². The normalized spacial score (nSPS) is 18.1. The molecule has 1 unspecified atom stereocenters. The summed E-state index contributed by atoms with van der Waals surface area (Å²) in [5.74, 6) is -0.806. The van der Waals surface area contributed by atoms with Crippen LogP contribution in [-0.2, 0) is 22.7 Å². The van der Waals surface area contributed by atoms with Crippen molar-refractivity contribution in [1.82, 2.24) is 8.87 Å². The van der Waals surface area contributed by atoms with Gasteiger partial charge in [0.1, 0.15) is 11.4 Å². The van der Waals surface area contributed by atoms with Crippen molar-refractivity contribution in [3.05, 3.63) is 51.4 Å². The largest absolute Gasteiger partial charge is 0.588 e. The Morgan fingerprint density at radius 1 is 1.42 bits per heavy atom. The second kappa shape index (κ2) is 6.46. The zero-order valence-electron chi connectivity index (χ0n) is 13.5. The van der Waals surface area contributed by atoms with Crippen LogP contribution in [0.15, 0.2) is 46.0 Å². The fourth-order valence-electron chi connectivity index (χ4n) is 2.51.